The first kappa shape index (κ1) is 17.4. The van der Waals surface area contributed by atoms with Gasteiger partial charge in [0.25, 0.3) is 0 Å². The molecule has 0 unspecified atom stereocenters. The molecule has 0 spiro atoms. The summed E-state index contributed by atoms with van der Waals surface area (Å²) in [6.45, 7) is 0. The van der Waals surface area contributed by atoms with Crippen LogP contribution in [0.3, 0.4) is 0 Å². The van der Waals surface area contributed by atoms with Crippen LogP contribution in [-0.2, 0) is 6.42 Å². The summed E-state index contributed by atoms with van der Waals surface area (Å²) in [7, 11) is 1.70. The predicted octanol–water partition coefficient (Wildman–Crippen LogP) is 6.65. The second kappa shape index (κ2) is 7.40. The van der Waals surface area contributed by atoms with Gasteiger partial charge in [0.05, 0.1) is 18.1 Å². The summed E-state index contributed by atoms with van der Waals surface area (Å²) < 4.78 is 5.32. The quantitative estimate of drug-likeness (QED) is 0.328. The number of nitrogens with zero attached hydrogens (tertiary/aromatic N) is 1. The van der Waals surface area contributed by atoms with Gasteiger partial charge >= 0.3 is 0 Å². The topological polar surface area (TPSA) is 22.1 Å². The maximum absolute atomic E-state index is 5.32. The van der Waals surface area contributed by atoms with Crippen molar-refractivity contribution in [3.63, 3.8) is 0 Å². The van der Waals surface area contributed by atoms with Gasteiger partial charge in [0.1, 0.15) is 5.75 Å². The van der Waals surface area contributed by atoms with Gasteiger partial charge in [-0.15, -0.1) is 0 Å². The van der Waals surface area contributed by atoms with Gasteiger partial charge in [-0.1, -0.05) is 72.8 Å². The van der Waals surface area contributed by atoms with E-state index < -0.39 is 0 Å². The lowest BCUT2D eigenvalue weighted by molar-refractivity contribution is 0.415. The van der Waals surface area contributed by atoms with Crippen molar-refractivity contribution in [2.45, 2.75) is 6.42 Å². The lowest BCUT2D eigenvalue weighted by Gasteiger charge is -2.14. The van der Waals surface area contributed by atoms with Gasteiger partial charge < -0.3 is 4.74 Å². The molecular weight excluding hydrogens is 354 g/mol. The number of ether oxygens (including phenoxy) is 1. The van der Waals surface area contributed by atoms with E-state index in [-0.39, 0.29) is 0 Å². The Morgan fingerprint density at radius 3 is 1.90 bits per heavy atom. The first-order valence-corrected chi connectivity index (χ1v) is 9.82. The van der Waals surface area contributed by atoms with E-state index in [0.717, 1.165) is 23.2 Å². The van der Waals surface area contributed by atoms with Crippen LogP contribution in [0.2, 0.25) is 0 Å². The third-order valence-corrected chi connectivity index (χ3v) is 5.48. The fourth-order valence-electron chi connectivity index (χ4n) is 4.04. The Labute approximate surface area is 170 Å². The smallest absolute Gasteiger partial charge is 0.118 e. The third-order valence-electron chi connectivity index (χ3n) is 5.48. The van der Waals surface area contributed by atoms with Crippen LogP contribution in [0.5, 0.6) is 5.75 Å². The second-order valence-electron chi connectivity index (χ2n) is 7.19. The zero-order valence-corrected chi connectivity index (χ0v) is 16.3. The molecule has 2 heteroatoms. The van der Waals surface area contributed by atoms with Crippen molar-refractivity contribution >= 4 is 21.8 Å². The second-order valence-corrected chi connectivity index (χ2v) is 7.19. The third kappa shape index (κ3) is 3.23. The molecule has 0 amide bonds. The van der Waals surface area contributed by atoms with Gasteiger partial charge in [-0.25, -0.2) is 4.98 Å². The minimum Gasteiger partial charge on any atom is -0.497 e. The van der Waals surface area contributed by atoms with E-state index in [1.165, 1.54) is 33.0 Å². The molecule has 0 atom stereocenters. The number of benzene rings is 4. The largest absolute Gasteiger partial charge is 0.497 e. The maximum atomic E-state index is 5.32. The van der Waals surface area contributed by atoms with Crippen molar-refractivity contribution in [1.29, 1.82) is 0 Å². The molecule has 0 radical (unpaired) electrons. The Morgan fingerprint density at radius 1 is 0.655 bits per heavy atom. The summed E-state index contributed by atoms with van der Waals surface area (Å²) in [5.74, 6) is 0.873. The van der Waals surface area contributed by atoms with Crippen LogP contribution in [0.4, 0.5) is 0 Å². The SMILES string of the molecule is COc1ccc(-c2ccccc2Cc2c3ccccc3nc3ccccc23)cc1. The highest BCUT2D eigenvalue weighted by Crippen LogP contribution is 2.32. The Morgan fingerprint density at radius 2 is 1.24 bits per heavy atom. The van der Waals surface area contributed by atoms with Gasteiger partial charge in [0.15, 0.2) is 0 Å². The first-order chi connectivity index (χ1) is 14.3. The lowest BCUT2D eigenvalue weighted by atomic mass is 9.91. The Bertz CT molecular complexity index is 1250. The van der Waals surface area contributed by atoms with Crippen LogP contribution in [-0.4, -0.2) is 12.1 Å². The molecule has 0 aliphatic rings. The van der Waals surface area contributed by atoms with Gasteiger partial charge in [-0.05, 0) is 52.9 Å². The average molecular weight is 375 g/mol. The van der Waals surface area contributed by atoms with Crippen LogP contribution in [0.25, 0.3) is 32.9 Å². The molecule has 0 bridgehead atoms. The van der Waals surface area contributed by atoms with Crippen LogP contribution in [0.1, 0.15) is 11.1 Å². The fourth-order valence-corrected chi connectivity index (χ4v) is 4.04. The predicted molar refractivity (Wildman–Crippen MR) is 120 cm³/mol. The Hall–Kier alpha value is -3.65. The van der Waals surface area contributed by atoms with Crippen LogP contribution in [0, 0.1) is 0 Å². The van der Waals surface area contributed by atoms with Gasteiger partial charge in [0, 0.05) is 10.8 Å². The molecular formula is C27H21NO. The highest BCUT2D eigenvalue weighted by atomic mass is 16.5. The molecule has 0 N–H and O–H groups in total. The van der Waals surface area contributed by atoms with Crippen molar-refractivity contribution in [3.05, 3.63) is 108 Å². The lowest BCUT2D eigenvalue weighted by Crippen LogP contribution is -1.97. The van der Waals surface area contributed by atoms with Gasteiger partial charge in [0.2, 0.25) is 0 Å². The molecule has 29 heavy (non-hydrogen) atoms. The normalized spacial score (nSPS) is 11.1. The van der Waals surface area contributed by atoms with E-state index in [2.05, 4.69) is 84.9 Å². The molecule has 0 aliphatic carbocycles. The number of methoxy groups -OCH3 is 1. The van der Waals surface area contributed by atoms with E-state index in [1.54, 1.807) is 7.11 Å². The number of hydrogen-bond donors (Lipinski definition) is 0. The molecule has 1 aromatic heterocycles. The molecule has 4 aromatic carbocycles. The number of hydrogen-bond acceptors (Lipinski definition) is 2. The molecule has 2 nitrogen and oxygen atoms in total. The molecule has 0 saturated heterocycles. The summed E-state index contributed by atoms with van der Waals surface area (Å²) in [4.78, 5) is 4.87. The number of rotatable bonds is 4. The van der Waals surface area contributed by atoms with Crippen LogP contribution < -0.4 is 4.74 Å². The first-order valence-electron chi connectivity index (χ1n) is 9.82. The number of pyridine rings is 1. The minimum atomic E-state index is 0.853. The highest BCUT2D eigenvalue weighted by molar-refractivity contribution is 5.97. The molecule has 0 fully saturated rings. The van der Waals surface area contributed by atoms with E-state index >= 15 is 0 Å². The molecule has 1 heterocycles. The Kier molecular flexibility index (Phi) is 4.45. The van der Waals surface area contributed by atoms with Crippen molar-refractivity contribution in [2.24, 2.45) is 0 Å². The van der Waals surface area contributed by atoms with Crippen LogP contribution in [0.15, 0.2) is 97.1 Å². The highest BCUT2D eigenvalue weighted by Gasteiger charge is 2.12. The van der Waals surface area contributed by atoms with Crippen LogP contribution >= 0.6 is 0 Å². The zero-order valence-electron chi connectivity index (χ0n) is 16.3. The molecule has 0 aliphatic heterocycles. The van der Waals surface area contributed by atoms with E-state index in [4.69, 9.17) is 9.72 Å². The van der Waals surface area contributed by atoms with Crippen molar-refractivity contribution in [1.82, 2.24) is 4.98 Å². The number of para-hydroxylation sites is 2. The summed E-state index contributed by atoms with van der Waals surface area (Å²) >= 11 is 0. The molecule has 5 rings (SSSR count). The van der Waals surface area contributed by atoms with Crippen molar-refractivity contribution in [3.8, 4) is 16.9 Å². The van der Waals surface area contributed by atoms with E-state index in [0.29, 0.717) is 0 Å². The number of aromatic nitrogens is 1. The summed E-state index contributed by atoms with van der Waals surface area (Å²) in [5, 5.41) is 2.44. The molecule has 0 saturated carbocycles. The fraction of sp³-hybridized carbons (Fsp3) is 0.0741. The average Bonchev–Trinajstić information content (AvgIpc) is 2.79. The summed E-state index contributed by atoms with van der Waals surface area (Å²) in [6, 6.07) is 33.8. The zero-order chi connectivity index (χ0) is 19.6. The Balaban J connectivity index is 1.68. The standard InChI is InChI=1S/C27H21NO/c1-29-21-16-14-19(15-17-21)22-9-3-2-8-20(22)18-25-23-10-4-6-12-26(23)28-27-13-7-5-11-24(25)27/h2-17H,18H2,1H3. The maximum Gasteiger partial charge on any atom is 0.118 e. The van der Waals surface area contributed by atoms with Crippen molar-refractivity contribution in [2.75, 3.05) is 7.11 Å². The molecule has 140 valence electrons. The summed E-state index contributed by atoms with van der Waals surface area (Å²) in [6.07, 6.45) is 0.853. The monoisotopic (exact) mass is 375 g/mol. The van der Waals surface area contributed by atoms with Gasteiger partial charge in [-0.3, -0.25) is 0 Å². The van der Waals surface area contributed by atoms with Crippen molar-refractivity contribution < 1.29 is 4.74 Å². The molecule has 5 aromatic rings. The van der Waals surface area contributed by atoms with E-state index in [1.807, 2.05) is 12.1 Å². The minimum absolute atomic E-state index is 0.853. The summed E-state index contributed by atoms with van der Waals surface area (Å²) in [5.41, 5.74) is 7.17. The van der Waals surface area contributed by atoms with E-state index in [9.17, 15) is 0 Å². The number of fused-ring (bicyclic) bond motifs is 2. The van der Waals surface area contributed by atoms with Gasteiger partial charge in [-0.2, -0.15) is 0 Å².